The van der Waals surface area contributed by atoms with Crippen molar-refractivity contribution >= 4 is 50.8 Å². The molecule has 0 saturated heterocycles. The lowest BCUT2D eigenvalue weighted by molar-refractivity contribution is -0.123. The number of benzene rings is 2. The zero-order chi connectivity index (χ0) is 20.4. The van der Waals surface area contributed by atoms with Gasteiger partial charge in [0, 0.05) is 0 Å². The first-order valence-corrected chi connectivity index (χ1v) is 9.90. The Morgan fingerprint density at radius 2 is 1.85 bits per heavy atom. The van der Waals surface area contributed by atoms with E-state index in [1.165, 1.54) is 19.1 Å². The first kappa shape index (κ1) is 21.2. The molecule has 144 valence electrons. The van der Waals surface area contributed by atoms with E-state index in [-0.39, 0.29) is 26.2 Å². The van der Waals surface area contributed by atoms with Gasteiger partial charge in [-0.05, 0) is 43.7 Å². The molecule has 27 heavy (non-hydrogen) atoms. The van der Waals surface area contributed by atoms with Crippen molar-refractivity contribution in [2.75, 3.05) is 5.32 Å². The van der Waals surface area contributed by atoms with Crippen molar-refractivity contribution in [3.8, 4) is 0 Å². The van der Waals surface area contributed by atoms with Crippen molar-refractivity contribution in [1.29, 1.82) is 0 Å². The molecule has 0 spiro atoms. The van der Waals surface area contributed by atoms with Gasteiger partial charge in [0.05, 0.1) is 26.2 Å². The zero-order valence-corrected chi connectivity index (χ0v) is 16.7. The summed E-state index contributed by atoms with van der Waals surface area (Å²) in [5, 5.41) is 7.99. The van der Waals surface area contributed by atoms with Gasteiger partial charge < -0.3 is 10.1 Å². The maximum absolute atomic E-state index is 12.3. The van der Waals surface area contributed by atoms with Gasteiger partial charge in [-0.1, -0.05) is 35.3 Å². The highest BCUT2D eigenvalue weighted by molar-refractivity contribution is 7.89. The number of sulfonamides is 1. The number of carbonyl (C=O) groups is 2. The normalized spacial score (nSPS) is 12.3. The van der Waals surface area contributed by atoms with Crippen LogP contribution in [0.15, 0.2) is 41.3 Å². The molecular weight excluding hydrogens is 415 g/mol. The average molecular weight is 431 g/mol. The summed E-state index contributed by atoms with van der Waals surface area (Å²) < 4.78 is 28.0. The molecular formula is C17H16Cl2N2O5S. The smallest absolute Gasteiger partial charge is 0.339 e. The number of nitrogens with one attached hydrogen (secondary N) is 1. The SMILES string of the molecule is Cc1ccc(S(N)(=O)=O)cc1C(=O)OC(C)C(=O)Nc1cccc(Cl)c1Cl. The minimum Gasteiger partial charge on any atom is -0.449 e. The van der Waals surface area contributed by atoms with Crippen LogP contribution in [0.5, 0.6) is 0 Å². The van der Waals surface area contributed by atoms with Gasteiger partial charge in [0.2, 0.25) is 10.0 Å². The van der Waals surface area contributed by atoms with Crippen LogP contribution < -0.4 is 10.5 Å². The van der Waals surface area contributed by atoms with Gasteiger partial charge in [-0.15, -0.1) is 0 Å². The van der Waals surface area contributed by atoms with Crippen LogP contribution in [0.2, 0.25) is 10.0 Å². The molecule has 0 aliphatic carbocycles. The fourth-order valence-electron chi connectivity index (χ4n) is 2.11. The molecule has 1 unspecified atom stereocenters. The maximum atomic E-state index is 12.3. The lowest BCUT2D eigenvalue weighted by atomic mass is 10.1. The quantitative estimate of drug-likeness (QED) is 0.706. The number of amides is 1. The van der Waals surface area contributed by atoms with E-state index in [0.717, 1.165) is 6.07 Å². The van der Waals surface area contributed by atoms with E-state index in [9.17, 15) is 18.0 Å². The highest BCUT2D eigenvalue weighted by atomic mass is 35.5. The number of rotatable bonds is 5. The Morgan fingerprint density at radius 1 is 1.19 bits per heavy atom. The van der Waals surface area contributed by atoms with Crippen LogP contribution in [0.3, 0.4) is 0 Å². The third-order valence-electron chi connectivity index (χ3n) is 3.62. The lowest BCUT2D eigenvalue weighted by Crippen LogP contribution is -2.30. The number of esters is 1. The molecule has 1 amide bonds. The standard InChI is InChI=1S/C17H16Cl2N2O5S/c1-9-6-7-11(27(20,24)25)8-12(9)17(23)26-10(2)16(22)21-14-5-3-4-13(18)15(14)19/h3-8,10H,1-2H3,(H,21,22)(H2,20,24,25). The molecule has 7 nitrogen and oxygen atoms in total. The summed E-state index contributed by atoms with van der Waals surface area (Å²) in [5.41, 5.74) is 0.726. The van der Waals surface area contributed by atoms with Crippen LogP contribution >= 0.6 is 23.2 Å². The number of hydrogen-bond acceptors (Lipinski definition) is 5. The van der Waals surface area contributed by atoms with Crippen LogP contribution in [0.4, 0.5) is 5.69 Å². The average Bonchev–Trinajstić information content (AvgIpc) is 2.58. The van der Waals surface area contributed by atoms with Crippen LogP contribution in [-0.2, 0) is 19.6 Å². The van der Waals surface area contributed by atoms with Crippen molar-refractivity contribution in [3.05, 3.63) is 57.6 Å². The van der Waals surface area contributed by atoms with Crippen LogP contribution in [0, 0.1) is 6.92 Å². The van der Waals surface area contributed by atoms with Crippen molar-refractivity contribution in [3.63, 3.8) is 0 Å². The molecule has 0 bridgehead atoms. The van der Waals surface area contributed by atoms with E-state index in [0.29, 0.717) is 5.56 Å². The summed E-state index contributed by atoms with van der Waals surface area (Å²) in [6, 6.07) is 8.50. The van der Waals surface area contributed by atoms with Gasteiger partial charge in [-0.2, -0.15) is 0 Å². The highest BCUT2D eigenvalue weighted by Crippen LogP contribution is 2.29. The second kappa shape index (κ2) is 8.26. The molecule has 2 aromatic carbocycles. The van der Waals surface area contributed by atoms with Crippen LogP contribution in [0.25, 0.3) is 0 Å². The van der Waals surface area contributed by atoms with E-state index in [2.05, 4.69) is 5.32 Å². The molecule has 2 rings (SSSR count). The summed E-state index contributed by atoms with van der Waals surface area (Å²) >= 11 is 11.9. The van der Waals surface area contributed by atoms with Gasteiger partial charge in [0.1, 0.15) is 0 Å². The van der Waals surface area contributed by atoms with E-state index in [1.807, 2.05) is 0 Å². The lowest BCUT2D eigenvalue weighted by Gasteiger charge is -2.15. The Labute approximate surface area is 166 Å². The van der Waals surface area contributed by atoms with E-state index >= 15 is 0 Å². The number of ether oxygens (including phenoxy) is 1. The Morgan fingerprint density at radius 3 is 2.48 bits per heavy atom. The molecule has 10 heteroatoms. The molecule has 3 N–H and O–H groups in total. The van der Waals surface area contributed by atoms with E-state index in [4.69, 9.17) is 33.1 Å². The zero-order valence-electron chi connectivity index (χ0n) is 14.3. The fourth-order valence-corrected chi connectivity index (χ4v) is 3.00. The minimum absolute atomic E-state index is 0.0121. The number of primary sulfonamides is 1. The first-order chi connectivity index (χ1) is 12.5. The van der Waals surface area contributed by atoms with E-state index in [1.54, 1.807) is 25.1 Å². The third kappa shape index (κ3) is 5.20. The molecule has 0 heterocycles. The Bertz CT molecular complexity index is 1010. The molecule has 0 fully saturated rings. The molecule has 1 atom stereocenters. The Balaban J connectivity index is 2.15. The van der Waals surface area contributed by atoms with Crippen LogP contribution in [0.1, 0.15) is 22.8 Å². The van der Waals surface area contributed by atoms with Gasteiger partial charge in [-0.25, -0.2) is 18.4 Å². The van der Waals surface area contributed by atoms with Crippen molar-refractivity contribution in [2.24, 2.45) is 5.14 Å². The van der Waals surface area contributed by atoms with Gasteiger partial charge in [-0.3, -0.25) is 4.79 Å². The topological polar surface area (TPSA) is 116 Å². The predicted molar refractivity (Wildman–Crippen MR) is 103 cm³/mol. The first-order valence-electron chi connectivity index (χ1n) is 7.60. The minimum atomic E-state index is -3.98. The Kier molecular flexibility index (Phi) is 6.48. The second-order valence-corrected chi connectivity index (χ2v) is 8.01. The summed E-state index contributed by atoms with van der Waals surface area (Å²) in [6.07, 6.45) is -1.18. The predicted octanol–water partition coefficient (Wildman–Crippen LogP) is 3.13. The van der Waals surface area contributed by atoms with Crippen LogP contribution in [-0.4, -0.2) is 26.4 Å². The number of aryl methyl sites for hydroxylation is 1. The number of nitrogens with two attached hydrogens (primary N) is 1. The largest absolute Gasteiger partial charge is 0.449 e. The summed E-state index contributed by atoms with van der Waals surface area (Å²) in [6.45, 7) is 2.96. The van der Waals surface area contributed by atoms with Gasteiger partial charge in [0.15, 0.2) is 6.10 Å². The Hall–Kier alpha value is -2.13. The molecule has 0 aliphatic rings. The van der Waals surface area contributed by atoms with Gasteiger partial charge >= 0.3 is 5.97 Å². The molecule has 0 radical (unpaired) electrons. The monoisotopic (exact) mass is 430 g/mol. The number of hydrogen-bond donors (Lipinski definition) is 2. The summed E-state index contributed by atoms with van der Waals surface area (Å²) in [4.78, 5) is 24.4. The second-order valence-electron chi connectivity index (χ2n) is 5.66. The molecule has 0 aliphatic heterocycles. The van der Waals surface area contributed by atoms with E-state index < -0.39 is 28.0 Å². The summed E-state index contributed by atoms with van der Waals surface area (Å²) in [7, 11) is -3.98. The number of carbonyl (C=O) groups excluding carboxylic acids is 2. The molecule has 0 saturated carbocycles. The third-order valence-corrected chi connectivity index (χ3v) is 5.35. The van der Waals surface area contributed by atoms with Crippen molar-refractivity contribution in [2.45, 2.75) is 24.8 Å². The molecule has 0 aromatic heterocycles. The molecule has 2 aromatic rings. The van der Waals surface area contributed by atoms with Gasteiger partial charge in [0.25, 0.3) is 5.91 Å². The van der Waals surface area contributed by atoms with Crippen molar-refractivity contribution in [1.82, 2.24) is 0 Å². The number of halogens is 2. The highest BCUT2D eigenvalue weighted by Gasteiger charge is 2.22. The fraction of sp³-hybridized carbons (Fsp3) is 0.176. The maximum Gasteiger partial charge on any atom is 0.339 e. The van der Waals surface area contributed by atoms with Crippen molar-refractivity contribution < 1.29 is 22.7 Å². The number of anilines is 1. The summed E-state index contributed by atoms with van der Waals surface area (Å²) in [5.74, 6) is -1.49.